The van der Waals surface area contributed by atoms with Gasteiger partial charge in [0.2, 0.25) is 5.95 Å². The Morgan fingerprint density at radius 1 is 1.19 bits per heavy atom. The quantitative estimate of drug-likeness (QED) is 0.270. The van der Waals surface area contributed by atoms with Crippen molar-refractivity contribution in [3.05, 3.63) is 57.6 Å². The highest BCUT2D eigenvalue weighted by Crippen LogP contribution is 2.34. The number of hydrogen-bond acceptors (Lipinski definition) is 8. The van der Waals surface area contributed by atoms with Gasteiger partial charge in [0.1, 0.15) is 5.82 Å². The minimum Gasteiger partial charge on any atom is -0.305 e. The Kier molecular flexibility index (Phi) is 5.05. The van der Waals surface area contributed by atoms with Crippen LogP contribution >= 0.6 is 11.3 Å². The standard InChI is InChI=1S/C20H16FN7O3S/c21-15-7-5-11(9-22-15)17-24-18(26-20(29)14-6-8-16(32-14)28(30)31)13-10-23-27(19(13)25-17)12-3-1-2-4-12/h5-10,12H,1-4H2,(H,24,25,26,29). The molecule has 0 spiro atoms. The third-order valence-electron chi connectivity index (χ3n) is 5.34. The summed E-state index contributed by atoms with van der Waals surface area (Å²) in [6.45, 7) is 0. The van der Waals surface area contributed by atoms with Gasteiger partial charge in [-0.25, -0.2) is 19.6 Å². The molecule has 1 aliphatic carbocycles. The highest BCUT2D eigenvalue weighted by molar-refractivity contribution is 7.17. The summed E-state index contributed by atoms with van der Waals surface area (Å²) in [5, 5.41) is 18.6. The molecule has 0 saturated heterocycles. The maximum atomic E-state index is 13.3. The number of fused-ring (bicyclic) bond motifs is 1. The van der Waals surface area contributed by atoms with Gasteiger partial charge in [-0.3, -0.25) is 14.9 Å². The SMILES string of the molecule is O=C(Nc1nc(-c2ccc(F)nc2)nc2c1cnn2C1CCCC1)c1ccc([N+](=O)[O-])s1. The lowest BCUT2D eigenvalue weighted by molar-refractivity contribution is -0.380. The summed E-state index contributed by atoms with van der Waals surface area (Å²) < 4.78 is 15.1. The molecule has 5 rings (SSSR count). The molecule has 4 aromatic heterocycles. The average Bonchev–Trinajstić information content (AvgIpc) is 3.53. The van der Waals surface area contributed by atoms with E-state index >= 15 is 0 Å². The number of carbonyl (C=O) groups is 1. The molecule has 4 aromatic rings. The lowest BCUT2D eigenvalue weighted by Gasteiger charge is -2.12. The maximum absolute atomic E-state index is 13.3. The monoisotopic (exact) mass is 453 g/mol. The Balaban J connectivity index is 1.58. The van der Waals surface area contributed by atoms with Crippen LogP contribution in [0.25, 0.3) is 22.4 Å². The lowest BCUT2D eigenvalue weighted by atomic mass is 10.2. The molecule has 1 fully saturated rings. The van der Waals surface area contributed by atoms with Crippen molar-refractivity contribution < 1.29 is 14.1 Å². The number of aromatic nitrogens is 5. The molecular formula is C20H16FN7O3S. The van der Waals surface area contributed by atoms with E-state index in [1.165, 1.54) is 30.5 Å². The number of nitrogens with one attached hydrogen (secondary N) is 1. The van der Waals surface area contributed by atoms with E-state index in [0.717, 1.165) is 37.0 Å². The molecule has 0 radical (unpaired) electrons. The van der Waals surface area contributed by atoms with Gasteiger partial charge in [0.05, 0.1) is 27.4 Å². The van der Waals surface area contributed by atoms with Crippen molar-refractivity contribution in [2.45, 2.75) is 31.7 Å². The fourth-order valence-corrected chi connectivity index (χ4v) is 4.51. The summed E-state index contributed by atoms with van der Waals surface area (Å²) in [4.78, 5) is 36.1. The van der Waals surface area contributed by atoms with Crippen molar-refractivity contribution in [2.24, 2.45) is 0 Å². The number of anilines is 1. The molecule has 162 valence electrons. The molecule has 32 heavy (non-hydrogen) atoms. The largest absolute Gasteiger partial charge is 0.324 e. The Morgan fingerprint density at radius 2 is 2.00 bits per heavy atom. The van der Waals surface area contributed by atoms with Gasteiger partial charge >= 0.3 is 5.00 Å². The van der Waals surface area contributed by atoms with Crippen LogP contribution in [0, 0.1) is 16.1 Å². The summed E-state index contributed by atoms with van der Waals surface area (Å²) in [6.07, 6.45) is 7.09. The normalized spacial score (nSPS) is 14.2. The number of pyridine rings is 1. The van der Waals surface area contributed by atoms with Crippen LogP contribution in [0.3, 0.4) is 0 Å². The number of carbonyl (C=O) groups excluding carboxylic acids is 1. The number of amides is 1. The van der Waals surface area contributed by atoms with E-state index in [1.807, 2.05) is 4.68 Å². The number of nitrogens with zero attached hydrogens (tertiary/aromatic N) is 6. The molecular weight excluding hydrogens is 437 g/mol. The molecule has 1 saturated carbocycles. The van der Waals surface area contributed by atoms with Crippen molar-refractivity contribution in [2.75, 3.05) is 5.32 Å². The van der Waals surface area contributed by atoms with Crippen LogP contribution in [0.4, 0.5) is 15.2 Å². The first-order chi connectivity index (χ1) is 15.5. The van der Waals surface area contributed by atoms with E-state index in [-0.39, 0.29) is 27.6 Å². The van der Waals surface area contributed by atoms with Crippen molar-refractivity contribution in [3.63, 3.8) is 0 Å². The van der Waals surface area contributed by atoms with Gasteiger partial charge in [-0.2, -0.15) is 9.49 Å². The van der Waals surface area contributed by atoms with Crippen LogP contribution in [-0.4, -0.2) is 35.6 Å². The van der Waals surface area contributed by atoms with E-state index in [4.69, 9.17) is 0 Å². The zero-order valence-electron chi connectivity index (χ0n) is 16.6. The second kappa shape index (κ2) is 8.04. The molecule has 0 unspecified atom stereocenters. The summed E-state index contributed by atoms with van der Waals surface area (Å²) >= 11 is 0.774. The summed E-state index contributed by atoms with van der Waals surface area (Å²) in [5.74, 6) is -0.671. The van der Waals surface area contributed by atoms with E-state index in [9.17, 15) is 19.3 Å². The third kappa shape index (κ3) is 3.68. The first kappa shape index (κ1) is 20.1. The topological polar surface area (TPSA) is 129 Å². The minimum absolute atomic E-state index is 0.130. The zero-order chi connectivity index (χ0) is 22.2. The van der Waals surface area contributed by atoms with Gasteiger partial charge < -0.3 is 5.32 Å². The Bertz CT molecular complexity index is 1330. The molecule has 0 bridgehead atoms. The molecule has 12 heteroatoms. The minimum atomic E-state index is -0.626. The highest BCUT2D eigenvalue weighted by Gasteiger charge is 2.24. The van der Waals surface area contributed by atoms with Gasteiger partial charge in [-0.1, -0.05) is 24.2 Å². The van der Waals surface area contributed by atoms with Crippen LogP contribution in [0.2, 0.25) is 0 Å². The first-order valence-electron chi connectivity index (χ1n) is 9.92. The number of halogens is 1. The van der Waals surface area contributed by atoms with Crippen LogP contribution in [0.15, 0.2) is 36.7 Å². The van der Waals surface area contributed by atoms with E-state index < -0.39 is 16.8 Å². The number of hydrogen-bond donors (Lipinski definition) is 1. The smallest absolute Gasteiger partial charge is 0.305 e. The van der Waals surface area contributed by atoms with Crippen molar-refractivity contribution in [1.29, 1.82) is 0 Å². The molecule has 0 aliphatic heterocycles. The summed E-state index contributed by atoms with van der Waals surface area (Å²) in [5.41, 5.74) is 1.04. The van der Waals surface area contributed by atoms with Gasteiger partial charge in [-0.15, -0.1) is 0 Å². The van der Waals surface area contributed by atoms with E-state index in [2.05, 4.69) is 25.4 Å². The molecule has 1 aliphatic rings. The average molecular weight is 453 g/mol. The first-order valence-corrected chi connectivity index (χ1v) is 10.7. The fraction of sp³-hybridized carbons (Fsp3) is 0.250. The molecule has 10 nitrogen and oxygen atoms in total. The van der Waals surface area contributed by atoms with Crippen molar-refractivity contribution >= 4 is 39.1 Å². The predicted molar refractivity (Wildman–Crippen MR) is 115 cm³/mol. The Labute approximate surface area is 184 Å². The lowest BCUT2D eigenvalue weighted by Crippen LogP contribution is -2.13. The van der Waals surface area contributed by atoms with Gasteiger partial charge in [0.15, 0.2) is 11.5 Å². The molecule has 4 heterocycles. The van der Waals surface area contributed by atoms with Crippen LogP contribution in [-0.2, 0) is 0 Å². The van der Waals surface area contributed by atoms with Gasteiger partial charge in [0.25, 0.3) is 5.91 Å². The Hall–Kier alpha value is -3.80. The van der Waals surface area contributed by atoms with Gasteiger partial charge in [-0.05, 0) is 31.0 Å². The van der Waals surface area contributed by atoms with Gasteiger partial charge in [0, 0.05) is 17.8 Å². The number of nitro groups is 1. The summed E-state index contributed by atoms with van der Waals surface area (Å²) in [7, 11) is 0. The zero-order valence-corrected chi connectivity index (χ0v) is 17.4. The second-order valence-electron chi connectivity index (χ2n) is 7.38. The third-order valence-corrected chi connectivity index (χ3v) is 6.37. The predicted octanol–water partition coefficient (Wildman–Crippen LogP) is 4.36. The van der Waals surface area contributed by atoms with Crippen LogP contribution in [0.5, 0.6) is 0 Å². The molecule has 1 amide bonds. The maximum Gasteiger partial charge on any atom is 0.324 e. The molecule has 0 atom stereocenters. The second-order valence-corrected chi connectivity index (χ2v) is 8.44. The van der Waals surface area contributed by atoms with Crippen molar-refractivity contribution in [3.8, 4) is 11.4 Å². The van der Waals surface area contributed by atoms with Crippen LogP contribution in [0.1, 0.15) is 41.4 Å². The highest BCUT2D eigenvalue weighted by atomic mass is 32.1. The molecule has 1 N–H and O–H groups in total. The fourth-order valence-electron chi connectivity index (χ4n) is 3.79. The Morgan fingerprint density at radius 3 is 2.69 bits per heavy atom. The van der Waals surface area contributed by atoms with Crippen molar-refractivity contribution in [1.82, 2.24) is 24.7 Å². The van der Waals surface area contributed by atoms with Crippen LogP contribution < -0.4 is 5.32 Å². The number of thiophene rings is 1. The van der Waals surface area contributed by atoms with E-state index in [1.54, 1.807) is 6.20 Å². The summed E-state index contributed by atoms with van der Waals surface area (Å²) in [6, 6.07) is 5.59. The molecule has 0 aromatic carbocycles. The number of rotatable bonds is 5. The van der Waals surface area contributed by atoms with E-state index in [0.29, 0.717) is 16.6 Å².